The molecule has 0 spiro atoms. The first-order valence-electron chi connectivity index (χ1n) is 22.7. The maximum atomic E-state index is 13.2. The van der Waals surface area contributed by atoms with E-state index in [1.807, 2.05) is 36.4 Å². The van der Waals surface area contributed by atoms with Crippen LogP contribution in [0.25, 0.3) is 0 Å². The molecule has 65 heavy (non-hydrogen) atoms. The van der Waals surface area contributed by atoms with Crippen molar-refractivity contribution in [1.29, 1.82) is 0 Å². The van der Waals surface area contributed by atoms with Gasteiger partial charge in [0.25, 0.3) is 5.91 Å². The Morgan fingerprint density at radius 2 is 1.74 bits per heavy atom. The van der Waals surface area contributed by atoms with Crippen molar-refractivity contribution in [3.63, 3.8) is 0 Å². The molecule has 1 atom stereocenters. The number of unbranched alkanes of at least 4 members (excludes halogenated alkanes) is 1. The number of allylic oxidation sites excluding steroid dienone is 1. The predicted octanol–water partition coefficient (Wildman–Crippen LogP) is 6.37. The second-order valence-corrected chi connectivity index (χ2v) is 21.0. The number of nitrogens with one attached hydrogen (secondary N) is 3. The van der Waals surface area contributed by atoms with Gasteiger partial charge in [-0.15, -0.1) is 0 Å². The number of methoxy groups -OCH3 is 1. The van der Waals surface area contributed by atoms with E-state index in [2.05, 4.69) is 66.4 Å². The Kier molecular flexibility index (Phi) is 16.1. The Balaban J connectivity index is 0.831. The summed E-state index contributed by atoms with van der Waals surface area (Å²) in [6.07, 6.45) is 7.14. The molecular weight excluding hydrogens is 865 g/mol. The fourth-order valence-electron chi connectivity index (χ4n) is 9.30. The van der Waals surface area contributed by atoms with Crippen molar-refractivity contribution in [2.45, 2.75) is 70.5 Å². The number of piperazine rings is 1. The number of hydrogen-bond donors (Lipinski definition) is 3. The third-order valence-electron chi connectivity index (χ3n) is 12.9. The number of amides is 3. The number of aliphatic imine (C=N–C) groups is 2. The SMILES string of the molecule is C=N/C(Nc1ccccc1P(C)(C)=O)=C(Cl)\C=N/CNc1cc(CC)c(N2CCC(N3CCN(CCCCOc4cccc5c4CN(C4CCC(=O)NC4=O)C5=O)CC3)CC2)cc1OC. The molecule has 0 bridgehead atoms. The van der Waals surface area contributed by atoms with Gasteiger partial charge in [0.1, 0.15) is 42.2 Å². The van der Waals surface area contributed by atoms with Gasteiger partial charge in [-0.05, 0) is 101 Å². The summed E-state index contributed by atoms with van der Waals surface area (Å²) in [5, 5.41) is 9.90. The van der Waals surface area contributed by atoms with Gasteiger partial charge in [-0.2, -0.15) is 0 Å². The number of piperidine rings is 2. The molecular formula is C48H63ClN9O6P. The van der Waals surface area contributed by atoms with Gasteiger partial charge in [0, 0.05) is 86.1 Å². The lowest BCUT2D eigenvalue weighted by molar-refractivity contribution is -0.136. The van der Waals surface area contributed by atoms with Crippen LogP contribution in [0.4, 0.5) is 17.1 Å². The van der Waals surface area contributed by atoms with Crippen LogP contribution >= 0.6 is 18.7 Å². The molecule has 4 heterocycles. The number of imide groups is 1. The Morgan fingerprint density at radius 3 is 2.45 bits per heavy atom. The summed E-state index contributed by atoms with van der Waals surface area (Å²) in [6, 6.07) is 17.1. The number of carbonyl (C=O) groups excluding carboxylic acids is 3. The highest BCUT2D eigenvalue weighted by Crippen LogP contribution is 2.39. The zero-order valence-electron chi connectivity index (χ0n) is 38.1. The minimum Gasteiger partial charge on any atom is -0.495 e. The van der Waals surface area contributed by atoms with Crippen molar-refractivity contribution in [2.24, 2.45) is 9.98 Å². The lowest BCUT2D eigenvalue weighted by Crippen LogP contribution is -2.53. The molecule has 0 radical (unpaired) electrons. The van der Waals surface area contributed by atoms with Crippen LogP contribution in [0, 0.1) is 0 Å². The first-order valence-corrected chi connectivity index (χ1v) is 25.7. The van der Waals surface area contributed by atoms with Crippen molar-refractivity contribution in [1.82, 2.24) is 20.0 Å². The lowest BCUT2D eigenvalue weighted by atomic mass is 9.99. The number of carbonyl (C=O) groups is 3. The molecule has 15 nitrogen and oxygen atoms in total. The molecule has 3 aromatic carbocycles. The van der Waals surface area contributed by atoms with E-state index >= 15 is 0 Å². The molecule has 7 rings (SSSR count). The maximum Gasteiger partial charge on any atom is 0.255 e. The average Bonchev–Trinajstić information content (AvgIpc) is 3.65. The number of aryl methyl sites for hydroxylation is 1. The van der Waals surface area contributed by atoms with Crippen LogP contribution in [-0.2, 0) is 27.1 Å². The van der Waals surface area contributed by atoms with Gasteiger partial charge in [0.05, 0.1) is 31.6 Å². The third kappa shape index (κ3) is 11.6. The van der Waals surface area contributed by atoms with E-state index in [9.17, 15) is 18.9 Å². The average molecular weight is 929 g/mol. The summed E-state index contributed by atoms with van der Waals surface area (Å²) in [4.78, 5) is 55.1. The number of rotatable bonds is 19. The lowest BCUT2D eigenvalue weighted by Gasteiger charge is -2.43. The van der Waals surface area contributed by atoms with Gasteiger partial charge in [0.15, 0.2) is 0 Å². The molecule has 0 aromatic heterocycles. The summed E-state index contributed by atoms with van der Waals surface area (Å²) in [5.74, 6) is 0.888. The molecule has 3 aromatic rings. The number of fused-ring (bicyclic) bond motifs is 1. The molecule has 1 unspecified atom stereocenters. The van der Waals surface area contributed by atoms with Gasteiger partial charge in [-0.3, -0.25) is 29.6 Å². The molecule has 3 N–H and O–H groups in total. The molecule has 348 valence electrons. The van der Waals surface area contributed by atoms with Crippen LogP contribution in [0.1, 0.15) is 66.9 Å². The first kappa shape index (κ1) is 47.7. The smallest absolute Gasteiger partial charge is 0.255 e. The highest BCUT2D eigenvalue weighted by atomic mass is 35.5. The Hall–Kier alpha value is -5.21. The van der Waals surface area contributed by atoms with E-state index in [1.165, 1.54) is 17.5 Å². The number of ether oxygens (including phenoxy) is 2. The van der Waals surface area contributed by atoms with E-state index in [0.717, 1.165) is 94.9 Å². The Bertz CT molecular complexity index is 2340. The van der Waals surface area contributed by atoms with E-state index in [-0.39, 0.29) is 29.9 Å². The summed E-state index contributed by atoms with van der Waals surface area (Å²) in [6.45, 7) is 17.7. The number of halogens is 1. The zero-order chi connectivity index (χ0) is 46.1. The molecule has 4 aliphatic rings. The topological polar surface area (TPSA) is 161 Å². The molecule has 3 amide bonds. The van der Waals surface area contributed by atoms with Crippen molar-refractivity contribution in [3.8, 4) is 11.5 Å². The summed E-state index contributed by atoms with van der Waals surface area (Å²) in [7, 11) is -0.849. The molecule has 0 aliphatic carbocycles. The summed E-state index contributed by atoms with van der Waals surface area (Å²) >= 11 is 6.59. The Labute approximate surface area is 388 Å². The molecule has 3 fully saturated rings. The van der Waals surface area contributed by atoms with Gasteiger partial charge in [0.2, 0.25) is 11.8 Å². The number of benzene rings is 3. The monoisotopic (exact) mass is 927 g/mol. The van der Waals surface area contributed by atoms with Crippen molar-refractivity contribution in [3.05, 3.63) is 82.1 Å². The number of anilines is 3. The van der Waals surface area contributed by atoms with E-state index < -0.39 is 19.1 Å². The van der Waals surface area contributed by atoms with E-state index in [1.54, 1.807) is 31.4 Å². The Morgan fingerprint density at radius 1 is 0.969 bits per heavy atom. The standard InChI is InChI=1S/C48H63ClN9O6P/c1-6-33-28-39(52-32-51-30-37(49)46(50-2)53-38-13-7-8-15-44(38)65(4,5)62)43(63-3)29-41(33)57-21-18-34(19-22-57)56-25-23-55(24-26-56)20-9-10-27-64-42-14-11-12-35-36(42)31-58(48(35)61)40-16-17-45(59)54-47(40)60/h7-8,11-15,28-30,34,40,52-53H,2,6,9-10,16-27,31-32H2,1,3-5H3,(H,54,59,60)/b46-37-,51-30-. The van der Waals surface area contributed by atoms with Crippen LogP contribution in [0.5, 0.6) is 11.5 Å². The van der Waals surface area contributed by atoms with Gasteiger partial charge in [-0.25, -0.2) is 4.99 Å². The van der Waals surface area contributed by atoms with Crippen LogP contribution < -0.4 is 35.6 Å². The highest BCUT2D eigenvalue weighted by Gasteiger charge is 2.40. The highest BCUT2D eigenvalue weighted by molar-refractivity contribution is 7.70. The van der Waals surface area contributed by atoms with Crippen molar-refractivity contribution in [2.75, 3.05) is 95.1 Å². The predicted molar refractivity (Wildman–Crippen MR) is 261 cm³/mol. The van der Waals surface area contributed by atoms with Crippen LogP contribution in [0.3, 0.4) is 0 Å². The summed E-state index contributed by atoms with van der Waals surface area (Å²) in [5.41, 5.74) is 5.37. The molecule has 3 saturated heterocycles. The second kappa shape index (κ2) is 21.9. The minimum atomic E-state index is -2.54. The summed E-state index contributed by atoms with van der Waals surface area (Å²) < 4.78 is 24.9. The number of nitrogens with zero attached hydrogens (tertiary/aromatic N) is 6. The van der Waals surface area contributed by atoms with Crippen LogP contribution in [0.2, 0.25) is 0 Å². The van der Waals surface area contributed by atoms with Gasteiger partial charge >= 0.3 is 0 Å². The molecule has 17 heteroatoms. The number of hydrogen-bond acceptors (Lipinski definition) is 13. The first-order chi connectivity index (χ1) is 31.4. The fraction of sp³-hybridized carbons (Fsp3) is 0.479. The minimum absolute atomic E-state index is 0.187. The zero-order valence-corrected chi connectivity index (χ0v) is 39.8. The largest absolute Gasteiger partial charge is 0.495 e. The van der Waals surface area contributed by atoms with Crippen molar-refractivity contribution >= 4 is 71.8 Å². The van der Waals surface area contributed by atoms with Crippen LogP contribution in [-0.4, -0.2) is 137 Å². The molecule has 4 aliphatic heterocycles. The quantitative estimate of drug-likeness (QED) is 0.0531. The van der Waals surface area contributed by atoms with Gasteiger partial charge < -0.3 is 39.4 Å². The van der Waals surface area contributed by atoms with Gasteiger partial charge in [-0.1, -0.05) is 36.7 Å². The maximum absolute atomic E-state index is 13.2. The fourth-order valence-corrected chi connectivity index (χ4v) is 10.6. The normalized spacial score (nSPS) is 19.3. The van der Waals surface area contributed by atoms with Crippen LogP contribution in [0.15, 0.2) is 75.4 Å². The van der Waals surface area contributed by atoms with E-state index in [4.69, 9.17) is 21.1 Å². The molecule has 0 saturated carbocycles. The third-order valence-corrected chi connectivity index (χ3v) is 14.7. The number of para-hydroxylation sites is 1. The van der Waals surface area contributed by atoms with Crippen molar-refractivity contribution < 1.29 is 28.4 Å². The van der Waals surface area contributed by atoms with E-state index in [0.29, 0.717) is 53.7 Å². The second-order valence-electron chi connectivity index (χ2n) is 17.4.